The van der Waals surface area contributed by atoms with Crippen molar-refractivity contribution in [3.63, 3.8) is 0 Å². The monoisotopic (exact) mass is 107 g/mol. The highest BCUT2D eigenvalue weighted by Crippen LogP contribution is 1.84. The average Bonchev–Trinajstić information content (AvgIpc) is 1.35. The lowest BCUT2D eigenvalue weighted by atomic mass is 10.5. The fourth-order valence-electron chi connectivity index (χ4n) is 0.0919. The summed E-state index contributed by atoms with van der Waals surface area (Å²) in [6.07, 6.45) is 1.24. The van der Waals surface area contributed by atoms with Gasteiger partial charge in [-0.05, 0) is 6.92 Å². The first-order valence-corrected chi connectivity index (χ1v) is 2.02. The Morgan fingerprint density at radius 2 is 2.50 bits per heavy atom. The molecule has 0 rings (SSSR count). The van der Waals surface area contributed by atoms with E-state index < -0.39 is 0 Å². The molecule has 0 saturated carbocycles. The molecule has 1 atom stereocenters. The van der Waals surface area contributed by atoms with Crippen LogP contribution in [0.25, 0.3) is 0 Å². The lowest BCUT2D eigenvalue weighted by Gasteiger charge is -1.81. The van der Waals surface area contributed by atoms with Crippen LogP contribution in [0.3, 0.4) is 0 Å². The third kappa shape index (κ3) is 3.76. The summed E-state index contributed by atoms with van der Waals surface area (Å²) < 4.78 is 0. The van der Waals surface area contributed by atoms with E-state index in [1.165, 1.54) is 6.21 Å². The first kappa shape index (κ1) is 5.76. The molecule has 2 nitrogen and oxygen atoms in total. The zero-order valence-electron chi connectivity index (χ0n) is 3.43. The van der Waals surface area contributed by atoms with E-state index in [0.29, 0.717) is 0 Å². The summed E-state index contributed by atoms with van der Waals surface area (Å²) in [5.41, 5.74) is 0. The zero-order chi connectivity index (χ0) is 4.99. The topological polar surface area (TPSA) is 32.6 Å². The largest absolute Gasteiger partial charge is 0.411 e. The molecule has 0 bridgehead atoms. The molecule has 0 saturated heterocycles. The van der Waals surface area contributed by atoms with E-state index in [0.717, 1.165) is 0 Å². The van der Waals surface area contributed by atoms with E-state index in [9.17, 15) is 0 Å². The van der Waals surface area contributed by atoms with Crippen molar-refractivity contribution in [3.8, 4) is 0 Å². The van der Waals surface area contributed by atoms with Crippen molar-refractivity contribution in [1.82, 2.24) is 0 Å². The minimum absolute atomic E-state index is 0.171. The predicted octanol–water partition coefficient (Wildman–Crippen LogP) is 1.07. The first-order valence-electron chi connectivity index (χ1n) is 1.59. The highest BCUT2D eigenvalue weighted by atomic mass is 35.5. The fourth-order valence-corrected chi connectivity index (χ4v) is 0.142. The lowest BCUT2D eigenvalue weighted by Crippen LogP contribution is -1.88. The fraction of sp³-hybridized carbons (Fsp3) is 0.667. The minimum Gasteiger partial charge on any atom is -0.411 e. The molecular weight excluding hydrogens is 101 g/mol. The number of alkyl halides is 1. The van der Waals surface area contributed by atoms with Gasteiger partial charge in [-0.1, -0.05) is 0 Å². The van der Waals surface area contributed by atoms with Crippen LogP contribution in [0, 0.1) is 0 Å². The molecule has 3 heteroatoms. The van der Waals surface area contributed by atoms with Crippen LogP contribution in [0.5, 0.6) is 0 Å². The Balaban J connectivity index is 3.03. The van der Waals surface area contributed by atoms with Crippen LogP contribution in [-0.4, -0.2) is 16.8 Å². The molecule has 36 valence electrons. The maximum atomic E-state index is 7.72. The Morgan fingerprint density at radius 1 is 2.00 bits per heavy atom. The molecule has 0 aromatic carbocycles. The number of halogens is 1. The average molecular weight is 108 g/mol. The molecule has 1 N–H and O–H groups in total. The predicted molar refractivity (Wildman–Crippen MR) is 25.6 cm³/mol. The van der Waals surface area contributed by atoms with E-state index in [1.54, 1.807) is 6.92 Å². The van der Waals surface area contributed by atoms with Crippen LogP contribution >= 0.6 is 11.6 Å². The normalized spacial score (nSPS) is 15.7. The maximum absolute atomic E-state index is 7.72. The third-order valence-corrected chi connectivity index (χ3v) is 0.385. The van der Waals surface area contributed by atoms with Gasteiger partial charge >= 0.3 is 0 Å². The first-order chi connectivity index (χ1) is 2.77. The SMILES string of the molecule is CC(Cl)C=NO. The van der Waals surface area contributed by atoms with Gasteiger partial charge in [0.15, 0.2) is 0 Å². The van der Waals surface area contributed by atoms with Gasteiger partial charge in [0, 0.05) is 0 Å². The van der Waals surface area contributed by atoms with Crippen LogP contribution in [0.1, 0.15) is 6.92 Å². The summed E-state index contributed by atoms with van der Waals surface area (Å²) in [5, 5.41) is 10.2. The molecule has 0 aliphatic heterocycles. The minimum atomic E-state index is -0.171. The Morgan fingerprint density at radius 3 is 2.50 bits per heavy atom. The number of oxime groups is 1. The van der Waals surface area contributed by atoms with Gasteiger partial charge in [0.25, 0.3) is 0 Å². The Bertz CT molecular complexity index is 52.8. The summed E-state index contributed by atoms with van der Waals surface area (Å²) in [7, 11) is 0. The standard InChI is InChI=1S/C3H6ClNO/c1-3(4)2-5-6/h2-3,6H,1H3. The van der Waals surface area contributed by atoms with Crippen LogP contribution in [0.2, 0.25) is 0 Å². The van der Waals surface area contributed by atoms with Gasteiger partial charge in [0.2, 0.25) is 0 Å². The van der Waals surface area contributed by atoms with Crippen molar-refractivity contribution in [2.24, 2.45) is 5.16 Å². The van der Waals surface area contributed by atoms with Gasteiger partial charge < -0.3 is 5.21 Å². The molecule has 0 aliphatic rings. The highest BCUT2D eigenvalue weighted by Gasteiger charge is 1.83. The van der Waals surface area contributed by atoms with E-state index in [2.05, 4.69) is 5.16 Å². The summed E-state index contributed by atoms with van der Waals surface area (Å²) >= 11 is 5.27. The molecule has 6 heavy (non-hydrogen) atoms. The molecule has 0 heterocycles. The van der Waals surface area contributed by atoms with Gasteiger partial charge in [-0.2, -0.15) is 0 Å². The highest BCUT2D eigenvalue weighted by molar-refractivity contribution is 6.27. The quantitative estimate of drug-likeness (QED) is 0.231. The van der Waals surface area contributed by atoms with E-state index in [4.69, 9.17) is 16.8 Å². The zero-order valence-corrected chi connectivity index (χ0v) is 4.18. The van der Waals surface area contributed by atoms with Gasteiger partial charge in [-0.3, -0.25) is 0 Å². The van der Waals surface area contributed by atoms with Crippen molar-refractivity contribution >= 4 is 17.8 Å². The molecule has 0 radical (unpaired) electrons. The van der Waals surface area contributed by atoms with Crippen molar-refractivity contribution in [1.29, 1.82) is 0 Å². The number of rotatable bonds is 1. The summed E-state index contributed by atoms with van der Waals surface area (Å²) in [6.45, 7) is 1.71. The molecule has 0 aliphatic carbocycles. The number of hydrogen-bond acceptors (Lipinski definition) is 2. The van der Waals surface area contributed by atoms with Crippen molar-refractivity contribution in [2.75, 3.05) is 0 Å². The van der Waals surface area contributed by atoms with E-state index >= 15 is 0 Å². The van der Waals surface area contributed by atoms with Crippen molar-refractivity contribution in [2.45, 2.75) is 12.3 Å². The maximum Gasteiger partial charge on any atom is 0.0693 e. The molecule has 0 aromatic rings. The lowest BCUT2D eigenvalue weighted by molar-refractivity contribution is 0.320. The van der Waals surface area contributed by atoms with Gasteiger partial charge in [0.05, 0.1) is 11.6 Å². The second kappa shape index (κ2) is 2.97. The second-order valence-electron chi connectivity index (χ2n) is 0.942. The molecule has 0 aromatic heterocycles. The Labute approximate surface area is 41.4 Å². The van der Waals surface area contributed by atoms with Gasteiger partial charge in [-0.15, -0.1) is 16.8 Å². The summed E-state index contributed by atoms with van der Waals surface area (Å²) in [4.78, 5) is 0. The van der Waals surface area contributed by atoms with E-state index in [-0.39, 0.29) is 5.38 Å². The van der Waals surface area contributed by atoms with Crippen LogP contribution < -0.4 is 0 Å². The Hall–Kier alpha value is -0.240. The summed E-state index contributed by atoms with van der Waals surface area (Å²) in [5.74, 6) is 0. The van der Waals surface area contributed by atoms with Crippen LogP contribution in [-0.2, 0) is 0 Å². The van der Waals surface area contributed by atoms with E-state index in [1.807, 2.05) is 0 Å². The van der Waals surface area contributed by atoms with Crippen LogP contribution in [0.15, 0.2) is 5.16 Å². The van der Waals surface area contributed by atoms with Crippen molar-refractivity contribution < 1.29 is 5.21 Å². The van der Waals surface area contributed by atoms with Crippen LogP contribution in [0.4, 0.5) is 0 Å². The molecule has 0 spiro atoms. The van der Waals surface area contributed by atoms with Crippen molar-refractivity contribution in [3.05, 3.63) is 0 Å². The number of hydrogen-bond donors (Lipinski definition) is 1. The third-order valence-electron chi connectivity index (χ3n) is 0.272. The molecule has 1 unspecified atom stereocenters. The summed E-state index contributed by atoms with van der Waals surface area (Å²) in [6, 6.07) is 0. The van der Waals surface area contributed by atoms with Gasteiger partial charge in [-0.25, -0.2) is 0 Å². The molecule has 0 fully saturated rings. The molecular formula is C3H6ClNO. The molecule has 0 amide bonds. The smallest absolute Gasteiger partial charge is 0.0693 e. The Kier molecular flexibility index (Phi) is 2.85. The van der Waals surface area contributed by atoms with Gasteiger partial charge in [0.1, 0.15) is 0 Å². The second-order valence-corrected chi connectivity index (χ2v) is 1.63. The number of nitrogens with zero attached hydrogens (tertiary/aromatic N) is 1.